The largest absolute Gasteiger partial charge is 0.348 e. The summed E-state index contributed by atoms with van der Waals surface area (Å²) in [4.78, 5) is 30.0. The van der Waals surface area contributed by atoms with Gasteiger partial charge < -0.3 is 4.98 Å². The van der Waals surface area contributed by atoms with Crippen LogP contribution in [0.2, 0.25) is 0 Å². The topological polar surface area (TPSA) is 65.1 Å². The van der Waals surface area contributed by atoms with E-state index in [0.717, 1.165) is 71.8 Å². The lowest BCUT2D eigenvalue weighted by molar-refractivity contribution is 0.0993. The Morgan fingerprint density at radius 3 is 2.05 bits per heavy atom. The van der Waals surface area contributed by atoms with Crippen LogP contribution in [0, 0.1) is 0 Å². The van der Waals surface area contributed by atoms with Gasteiger partial charge in [-0.1, -0.05) is 68.4 Å². The average molecular weight is 589 g/mol. The number of nitrogens with zero attached hydrogens (tertiary/aromatic N) is 4. The molecule has 4 aromatic rings. The number of carbonyl (C=O) groups excluding carboxylic acids is 1. The molecular weight excluding hydrogens is 550 g/mol. The van der Waals surface area contributed by atoms with E-state index in [9.17, 15) is 4.79 Å². The average Bonchev–Trinajstić information content (AvgIpc) is 3.43. The van der Waals surface area contributed by atoms with Gasteiger partial charge in [0.2, 0.25) is 0 Å². The zero-order valence-electron chi connectivity index (χ0n) is 22.9. The van der Waals surface area contributed by atoms with Gasteiger partial charge in [0.15, 0.2) is 5.78 Å². The summed E-state index contributed by atoms with van der Waals surface area (Å²) in [5.74, 6) is 1.05. The van der Waals surface area contributed by atoms with E-state index in [4.69, 9.17) is 0 Å². The van der Waals surface area contributed by atoms with E-state index in [0.29, 0.717) is 19.5 Å². The molecule has 0 aliphatic rings. The molecule has 0 unspecified atom stereocenters. The van der Waals surface area contributed by atoms with Gasteiger partial charge in [-0.3, -0.25) is 14.6 Å². The number of imidazole rings is 1. The van der Waals surface area contributed by atoms with Crippen LogP contribution in [0.4, 0.5) is 0 Å². The number of hydrogen-bond acceptors (Lipinski definition) is 5. The third-order valence-corrected chi connectivity index (χ3v) is 7.08. The van der Waals surface area contributed by atoms with Crippen molar-refractivity contribution in [3.05, 3.63) is 117 Å². The summed E-state index contributed by atoms with van der Waals surface area (Å²) in [7, 11) is 0. The van der Waals surface area contributed by atoms with Crippen molar-refractivity contribution in [1.82, 2.24) is 24.8 Å². The van der Waals surface area contributed by atoms with E-state index in [1.165, 1.54) is 5.56 Å². The highest BCUT2D eigenvalue weighted by Gasteiger charge is 2.13. The van der Waals surface area contributed by atoms with Gasteiger partial charge in [0, 0.05) is 44.0 Å². The van der Waals surface area contributed by atoms with Crippen LogP contribution < -0.4 is 0 Å². The molecule has 4 rings (SSSR count). The highest BCUT2D eigenvalue weighted by Crippen LogP contribution is 2.16. The molecule has 2 aromatic heterocycles. The van der Waals surface area contributed by atoms with Crippen LogP contribution in [-0.4, -0.2) is 43.6 Å². The van der Waals surface area contributed by atoms with E-state index >= 15 is 0 Å². The fourth-order valence-corrected chi connectivity index (χ4v) is 5.18. The third-order valence-electron chi connectivity index (χ3n) is 6.64. The number of carbonyl (C=O) groups is 1. The predicted molar refractivity (Wildman–Crippen MR) is 160 cm³/mol. The Bertz CT molecular complexity index is 1280. The van der Waals surface area contributed by atoms with Crippen LogP contribution in [0.5, 0.6) is 0 Å². The van der Waals surface area contributed by atoms with Crippen molar-refractivity contribution in [2.45, 2.75) is 59.3 Å². The number of H-pyrrole nitrogens is 1. The summed E-state index contributed by atoms with van der Waals surface area (Å²) >= 11 is 3.47. The van der Waals surface area contributed by atoms with Crippen molar-refractivity contribution in [2.75, 3.05) is 13.1 Å². The highest BCUT2D eigenvalue weighted by atomic mass is 79.9. The molecule has 0 radical (unpaired) electrons. The number of aromatic amines is 1. The number of ketones is 1. The van der Waals surface area contributed by atoms with Gasteiger partial charge in [0.25, 0.3) is 0 Å². The minimum absolute atomic E-state index is 0.138. The van der Waals surface area contributed by atoms with E-state index < -0.39 is 0 Å². The number of rotatable bonds is 15. The normalized spacial score (nSPS) is 11.4. The van der Waals surface area contributed by atoms with Gasteiger partial charge in [-0.05, 0) is 70.7 Å². The Morgan fingerprint density at radius 2 is 1.44 bits per heavy atom. The van der Waals surface area contributed by atoms with Gasteiger partial charge in [-0.25, -0.2) is 9.97 Å². The number of benzene rings is 2. The molecule has 0 saturated heterocycles. The Kier molecular flexibility index (Phi) is 11.0. The molecule has 0 atom stereocenters. The fourth-order valence-electron chi connectivity index (χ4n) is 4.80. The Balaban J connectivity index is 1.36. The molecule has 2 aromatic carbocycles. The molecule has 0 aliphatic carbocycles. The minimum Gasteiger partial charge on any atom is -0.348 e. The smallest absolute Gasteiger partial charge is 0.167 e. The van der Waals surface area contributed by atoms with Gasteiger partial charge in [-0.2, -0.15) is 0 Å². The lowest BCUT2D eigenvalue weighted by Gasteiger charge is -2.21. The van der Waals surface area contributed by atoms with E-state index in [1.54, 1.807) is 6.20 Å². The molecule has 2 heterocycles. The molecule has 0 bridgehead atoms. The molecule has 0 fully saturated rings. The molecule has 6 nitrogen and oxygen atoms in total. The summed E-state index contributed by atoms with van der Waals surface area (Å²) in [6.07, 6.45) is 6.34. The predicted octanol–water partition coefficient (Wildman–Crippen LogP) is 6.82. The second-order valence-corrected chi connectivity index (χ2v) is 10.8. The first-order chi connectivity index (χ1) is 19.0. The summed E-state index contributed by atoms with van der Waals surface area (Å²) in [5.41, 5.74) is 5.22. The van der Waals surface area contributed by atoms with E-state index in [-0.39, 0.29) is 5.78 Å². The zero-order valence-corrected chi connectivity index (χ0v) is 24.5. The maximum absolute atomic E-state index is 13.0. The number of nitrogens with one attached hydrogen (secondary N) is 1. The van der Waals surface area contributed by atoms with Gasteiger partial charge in [0.1, 0.15) is 10.4 Å². The Morgan fingerprint density at radius 1 is 0.795 bits per heavy atom. The lowest BCUT2D eigenvalue weighted by Crippen LogP contribution is -2.24. The molecule has 7 heteroatoms. The molecule has 0 aliphatic heterocycles. The van der Waals surface area contributed by atoms with Crippen molar-refractivity contribution in [1.29, 1.82) is 0 Å². The second kappa shape index (κ2) is 14.9. The summed E-state index contributed by atoms with van der Waals surface area (Å²) < 4.78 is 0.824. The minimum atomic E-state index is 0.138. The Hall–Kier alpha value is -3.13. The molecule has 204 valence electrons. The summed E-state index contributed by atoms with van der Waals surface area (Å²) in [5, 5.41) is 0. The number of aromatic nitrogens is 3. The lowest BCUT2D eigenvalue weighted by atomic mass is 10.0. The number of halogens is 1. The van der Waals surface area contributed by atoms with Crippen LogP contribution in [0.15, 0.2) is 83.7 Å². The third kappa shape index (κ3) is 9.24. The van der Waals surface area contributed by atoms with Crippen molar-refractivity contribution in [3.63, 3.8) is 0 Å². The first-order valence-corrected chi connectivity index (χ1v) is 14.6. The maximum atomic E-state index is 13.0. The monoisotopic (exact) mass is 587 g/mol. The summed E-state index contributed by atoms with van der Waals surface area (Å²) in [6, 6.07) is 22.5. The van der Waals surface area contributed by atoms with Crippen molar-refractivity contribution >= 4 is 21.7 Å². The number of pyridine rings is 1. The second-order valence-electron chi connectivity index (χ2n) is 10.0. The van der Waals surface area contributed by atoms with Crippen LogP contribution in [0.1, 0.15) is 65.3 Å². The van der Waals surface area contributed by atoms with Crippen molar-refractivity contribution in [3.8, 4) is 0 Å². The summed E-state index contributed by atoms with van der Waals surface area (Å²) in [6.45, 7) is 9.73. The van der Waals surface area contributed by atoms with E-state index in [2.05, 4.69) is 90.9 Å². The molecule has 1 N–H and O–H groups in total. The van der Waals surface area contributed by atoms with Crippen LogP contribution in [0.25, 0.3) is 0 Å². The molecule has 0 amide bonds. The standard InChI is InChI=1S/C32H38BrN5O/c1-3-18-37(19-4-2)21-26-10-8-25(9-11-26)20-30(39)28-14-12-27(13-15-28)22-38(24-32-34-16-17-35-32)23-29-6-5-7-31(33)36-29/h5-17H,3-4,18-24H2,1-2H3,(H,34,35). The van der Waals surface area contributed by atoms with Crippen LogP contribution >= 0.6 is 15.9 Å². The SMILES string of the molecule is CCCN(CCC)Cc1ccc(CC(=O)c2ccc(CN(Cc3cccc(Br)n3)Cc3ncc[nH]3)cc2)cc1. The highest BCUT2D eigenvalue weighted by molar-refractivity contribution is 9.10. The molecular formula is C32H38BrN5O. The number of Topliss-reactive ketones (excluding diaryl/α,β-unsaturated/α-hetero) is 1. The fraction of sp³-hybridized carbons (Fsp3) is 0.344. The van der Waals surface area contributed by atoms with Gasteiger partial charge in [0.05, 0.1) is 12.2 Å². The first kappa shape index (κ1) is 28.9. The zero-order chi connectivity index (χ0) is 27.5. The maximum Gasteiger partial charge on any atom is 0.167 e. The van der Waals surface area contributed by atoms with Crippen LogP contribution in [-0.2, 0) is 32.6 Å². The quantitative estimate of drug-likeness (QED) is 0.122. The van der Waals surface area contributed by atoms with Crippen molar-refractivity contribution in [2.24, 2.45) is 0 Å². The number of hydrogen-bond donors (Lipinski definition) is 1. The van der Waals surface area contributed by atoms with E-state index in [1.807, 2.05) is 36.5 Å². The van der Waals surface area contributed by atoms with Gasteiger partial charge >= 0.3 is 0 Å². The van der Waals surface area contributed by atoms with Crippen LogP contribution in [0.3, 0.4) is 0 Å². The van der Waals surface area contributed by atoms with Crippen molar-refractivity contribution < 1.29 is 4.79 Å². The molecule has 0 saturated carbocycles. The first-order valence-electron chi connectivity index (χ1n) is 13.8. The van der Waals surface area contributed by atoms with Gasteiger partial charge in [-0.15, -0.1) is 0 Å². The molecule has 39 heavy (non-hydrogen) atoms. The molecule has 0 spiro atoms. The Labute approximate surface area is 240 Å².